The minimum Gasteiger partial charge on any atom is -0.508 e. The highest BCUT2D eigenvalue weighted by atomic mass is 16.5. The number of rotatable bonds is 4. The summed E-state index contributed by atoms with van der Waals surface area (Å²) in [5, 5.41) is 9.19. The summed E-state index contributed by atoms with van der Waals surface area (Å²) in [6, 6.07) is 6.40. The second-order valence-corrected chi connectivity index (χ2v) is 3.96. The molecule has 5 nitrogen and oxygen atoms in total. The lowest BCUT2D eigenvalue weighted by Gasteiger charge is -2.03. The molecule has 1 aliphatic rings. The number of nitrogens with zero attached hydrogens (tertiary/aromatic N) is 1. The molecule has 0 radical (unpaired) electrons. The molecule has 1 atom stereocenters. The minimum atomic E-state index is -0.262. The van der Waals surface area contributed by atoms with Crippen molar-refractivity contribution in [3.63, 3.8) is 0 Å². The third kappa shape index (κ3) is 3.00. The van der Waals surface area contributed by atoms with E-state index in [1.54, 1.807) is 31.2 Å². The molecule has 1 aliphatic heterocycles. The Morgan fingerprint density at radius 1 is 1.50 bits per heavy atom. The zero-order valence-electron chi connectivity index (χ0n) is 10.1. The summed E-state index contributed by atoms with van der Waals surface area (Å²) in [5.74, 6) is 0.437. The van der Waals surface area contributed by atoms with E-state index in [4.69, 9.17) is 9.47 Å². The predicted octanol–water partition coefficient (Wildman–Crippen LogP) is 1.49. The third-order valence-electron chi connectivity index (χ3n) is 2.53. The molecular weight excluding hydrogens is 234 g/mol. The normalized spacial score (nSPS) is 18.1. The van der Waals surface area contributed by atoms with Crippen LogP contribution >= 0.6 is 0 Å². The summed E-state index contributed by atoms with van der Waals surface area (Å²) >= 11 is 0. The molecule has 18 heavy (non-hydrogen) atoms. The SMILES string of the molecule is CCOC(=O)CC1COC(c2ccc(O)cc2)=N1. The molecule has 0 spiro atoms. The number of esters is 1. The second kappa shape index (κ2) is 5.53. The van der Waals surface area contributed by atoms with Gasteiger partial charge < -0.3 is 14.6 Å². The Hall–Kier alpha value is -2.04. The summed E-state index contributed by atoms with van der Waals surface area (Å²) in [6.07, 6.45) is 0.232. The third-order valence-corrected chi connectivity index (χ3v) is 2.53. The molecule has 96 valence electrons. The molecule has 1 aromatic rings. The minimum absolute atomic E-state index is 0.187. The van der Waals surface area contributed by atoms with Crippen LogP contribution < -0.4 is 0 Å². The topological polar surface area (TPSA) is 68.1 Å². The van der Waals surface area contributed by atoms with Gasteiger partial charge >= 0.3 is 5.97 Å². The second-order valence-electron chi connectivity index (χ2n) is 3.96. The lowest BCUT2D eigenvalue weighted by Crippen LogP contribution is -2.15. The number of carbonyl (C=O) groups is 1. The molecule has 0 fully saturated rings. The average molecular weight is 249 g/mol. The number of phenols is 1. The lowest BCUT2D eigenvalue weighted by molar-refractivity contribution is -0.143. The number of phenolic OH excluding ortho intramolecular Hbond substituents is 1. The maximum Gasteiger partial charge on any atom is 0.308 e. The van der Waals surface area contributed by atoms with Gasteiger partial charge in [0.1, 0.15) is 12.4 Å². The monoisotopic (exact) mass is 249 g/mol. The first-order valence-electron chi connectivity index (χ1n) is 5.84. The Kier molecular flexibility index (Phi) is 3.82. The Bertz CT molecular complexity index is 453. The molecule has 1 heterocycles. The van der Waals surface area contributed by atoms with Gasteiger partial charge in [-0.2, -0.15) is 0 Å². The summed E-state index contributed by atoms with van der Waals surface area (Å²) in [7, 11) is 0. The molecule has 2 rings (SSSR count). The van der Waals surface area contributed by atoms with Crippen molar-refractivity contribution in [1.29, 1.82) is 0 Å². The standard InChI is InChI=1S/C13H15NO4/c1-2-17-12(16)7-10-8-18-13(14-10)9-3-5-11(15)6-4-9/h3-6,10,15H,2,7-8H2,1H3. The fraction of sp³-hybridized carbons (Fsp3) is 0.385. The molecule has 0 bridgehead atoms. The van der Waals surface area contributed by atoms with E-state index in [9.17, 15) is 9.90 Å². The van der Waals surface area contributed by atoms with Crippen LogP contribution in [0.25, 0.3) is 0 Å². The average Bonchev–Trinajstić information content (AvgIpc) is 2.78. The molecule has 1 unspecified atom stereocenters. The highest BCUT2D eigenvalue weighted by Gasteiger charge is 2.23. The highest BCUT2D eigenvalue weighted by molar-refractivity contribution is 5.95. The number of hydrogen-bond acceptors (Lipinski definition) is 5. The Morgan fingerprint density at radius 3 is 2.89 bits per heavy atom. The smallest absolute Gasteiger partial charge is 0.308 e. The van der Waals surface area contributed by atoms with Gasteiger partial charge in [-0.25, -0.2) is 4.99 Å². The van der Waals surface area contributed by atoms with Crippen molar-refractivity contribution in [3.05, 3.63) is 29.8 Å². The quantitative estimate of drug-likeness (QED) is 0.821. The van der Waals surface area contributed by atoms with Crippen LogP contribution in [0.3, 0.4) is 0 Å². The number of hydrogen-bond donors (Lipinski definition) is 1. The molecule has 0 amide bonds. The van der Waals surface area contributed by atoms with Gasteiger partial charge in [0, 0.05) is 5.56 Å². The summed E-state index contributed by atoms with van der Waals surface area (Å²) in [5.41, 5.74) is 0.791. The van der Waals surface area contributed by atoms with E-state index < -0.39 is 0 Å². The van der Waals surface area contributed by atoms with E-state index >= 15 is 0 Å². The molecule has 0 aliphatic carbocycles. The molecule has 0 saturated carbocycles. The zero-order valence-corrected chi connectivity index (χ0v) is 10.1. The van der Waals surface area contributed by atoms with Crippen molar-refractivity contribution in [2.75, 3.05) is 13.2 Å². The summed E-state index contributed by atoms with van der Waals surface area (Å²) < 4.78 is 10.3. The number of aliphatic imine (C=N–C) groups is 1. The van der Waals surface area contributed by atoms with Crippen LogP contribution in [-0.2, 0) is 14.3 Å². The molecule has 0 aromatic heterocycles. The first-order chi connectivity index (χ1) is 8.69. The first-order valence-corrected chi connectivity index (χ1v) is 5.84. The van der Waals surface area contributed by atoms with Gasteiger partial charge in [0.05, 0.1) is 19.1 Å². The van der Waals surface area contributed by atoms with Crippen molar-refractivity contribution in [3.8, 4) is 5.75 Å². The van der Waals surface area contributed by atoms with Crippen molar-refractivity contribution in [1.82, 2.24) is 0 Å². The van der Waals surface area contributed by atoms with Crippen LogP contribution in [0, 0.1) is 0 Å². The lowest BCUT2D eigenvalue weighted by atomic mass is 10.2. The van der Waals surface area contributed by atoms with Crippen molar-refractivity contribution >= 4 is 11.9 Å². The highest BCUT2D eigenvalue weighted by Crippen LogP contribution is 2.17. The number of benzene rings is 1. The van der Waals surface area contributed by atoms with Gasteiger partial charge in [0.25, 0.3) is 0 Å². The van der Waals surface area contributed by atoms with Gasteiger partial charge in [-0.05, 0) is 31.2 Å². The van der Waals surface area contributed by atoms with Crippen LogP contribution in [0.1, 0.15) is 18.9 Å². The van der Waals surface area contributed by atoms with E-state index in [-0.39, 0.29) is 24.2 Å². The van der Waals surface area contributed by atoms with Crippen LogP contribution in [0.4, 0.5) is 0 Å². The fourth-order valence-corrected chi connectivity index (χ4v) is 1.69. The summed E-state index contributed by atoms with van der Waals surface area (Å²) in [4.78, 5) is 15.6. The van der Waals surface area contributed by atoms with Gasteiger partial charge in [-0.15, -0.1) is 0 Å². The molecule has 5 heteroatoms. The van der Waals surface area contributed by atoms with E-state index in [0.717, 1.165) is 5.56 Å². The molecule has 1 N–H and O–H groups in total. The largest absolute Gasteiger partial charge is 0.508 e. The number of aromatic hydroxyl groups is 1. The Labute approximate surface area is 105 Å². The van der Waals surface area contributed by atoms with Crippen molar-refractivity contribution in [2.24, 2.45) is 4.99 Å². The molecular formula is C13H15NO4. The van der Waals surface area contributed by atoms with Gasteiger partial charge in [0.2, 0.25) is 5.90 Å². The number of ether oxygens (including phenoxy) is 2. The van der Waals surface area contributed by atoms with Crippen LogP contribution in [-0.4, -0.2) is 36.2 Å². The van der Waals surface area contributed by atoms with Gasteiger partial charge in [-0.1, -0.05) is 0 Å². The van der Waals surface area contributed by atoms with E-state index in [1.807, 2.05) is 0 Å². The first kappa shape index (κ1) is 12.4. The zero-order chi connectivity index (χ0) is 13.0. The van der Waals surface area contributed by atoms with Crippen LogP contribution in [0.5, 0.6) is 5.75 Å². The molecule has 1 aromatic carbocycles. The van der Waals surface area contributed by atoms with Crippen LogP contribution in [0.15, 0.2) is 29.3 Å². The van der Waals surface area contributed by atoms with Crippen molar-refractivity contribution < 1.29 is 19.4 Å². The van der Waals surface area contributed by atoms with Gasteiger partial charge in [-0.3, -0.25) is 4.79 Å². The predicted molar refractivity (Wildman–Crippen MR) is 65.6 cm³/mol. The Balaban J connectivity index is 1.99. The maximum absolute atomic E-state index is 11.3. The van der Waals surface area contributed by atoms with E-state index in [0.29, 0.717) is 19.1 Å². The summed E-state index contributed by atoms with van der Waals surface area (Å²) in [6.45, 7) is 2.53. The fourth-order valence-electron chi connectivity index (χ4n) is 1.69. The Morgan fingerprint density at radius 2 is 2.22 bits per heavy atom. The van der Waals surface area contributed by atoms with Gasteiger partial charge in [0.15, 0.2) is 0 Å². The van der Waals surface area contributed by atoms with E-state index in [2.05, 4.69) is 4.99 Å². The maximum atomic E-state index is 11.3. The number of carbonyl (C=O) groups excluding carboxylic acids is 1. The van der Waals surface area contributed by atoms with E-state index in [1.165, 1.54) is 0 Å². The van der Waals surface area contributed by atoms with Crippen molar-refractivity contribution in [2.45, 2.75) is 19.4 Å². The van der Waals surface area contributed by atoms with Crippen LogP contribution in [0.2, 0.25) is 0 Å². The molecule has 0 saturated heterocycles.